The first-order valence-corrected chi connectivity index (χ1v) is 14.3. The van der Waals surface area contributed by atoms with Crippen LogP contribution in [0.2, 0.25) is 0 Å². The number of amides is 1. The van der Waals surface area contributed by atoms with E-state index in [0.29, 0.717) is 11.6 Å². The number of carbonyl (C=O) groups excluding carboxylic acids is 1. The van der Waals surface area contributed by atoms with Gasteiger partial charge in [-0.05, 0) is 43.3 Å². The Morgan fingerprint density at radius 3 is 2.66 bits per heavy atom. The number of sulfone groups is 1. The zero-order valence-electron chi connectivity index (χ0n) is 18.0. The number of rotatable bonds is 8. The molecule has 0 bridgehead atoms. The summed E-state index contributed by atoms with van der Waals surface area (Å²) in [5.74, 6) is 1.05. The number of aromatic nitrogens is 3. The Bertz CT molecular complexity index is 1160. The fraction of sp³-hybridized carbons (Fsp3) is 0.409. The normalized spacial score (nSPS) is 18.5. The van der Waals surface area contributed by atoms with E-state index in [2.05, 4.69) is 10.2 Å². The zero-order chi connectivity index (χ0) is 22.7. The first-order valence-electron chi connectivity index (χ1n) is 10.6. The maximum Gasteiger partial charge on any atom is 0.233 e. The SMILES string of the molecule is CCC(C)N(C(=O)CSc1nnc(-c2cccs2)n1-c1ccccc1)C1CCS(=O)(=O)C1. The molecule has 4 rings (SSSR count). The van der Waals surface area contributed by atoms with Crippen molar-refractivity contribution in [3.05, 3.63) is 47.8 Å². The van der Waals surface area contributed by atoms with Crippen LogP contribution in [0.1, 0.15) is 26.7 Å². The van der Waals surface area contributed by atoms with Crippen LogP contribution in [0, 0.1) is 0 Å². The summed E-state index contributed by atoms with van der Waals surface area (Å²) in [6, 6.07) is 13.5. The molecule has 1 fully saturated rings. The van der Waals surface area contributed by atoms with Crippen molar-refractivity contribution in [3.63, 3.8) is 0 Å². The second kappa shape index (κ2) is 9.76. The number of hydrogen-bond acceptors (Lipinski definition) is 7. The molecule has 32 heavy (non-hydrogen) atoms. The smallest absolute Gasteiger partial charge is 0.233 e. The molecule has 0 saturated carbocycles. The molecular weight excluding hydrogens is 464 g/mol. The van der Waals surface area contributed by atoms with Gasteiger partial charge in [-0.3, -0.25) is 9.36 Å². The summed E-state index contributed by atoms with van der Waals surface area (Å²) in [6.07, 6.45) is 1.28. The molecule has 3 heterocycles. The first kappa shape index (κ1) is 23.0. The highest BCUT2D eigenvalue weighted by Gasteiger charge is 2.36. The minimum Gasteiger partial charge on any atom is -0.335 e. The summed E-state index contributed by atoms with van der Waals surface area (Å²) in [5.41, 5.74) is 0.927. The van der Waals surface area contributed by atoms with Crippen LogP contribution in [-0.2, 0) is 14.6 Å². The minimum atomic E-state index is -3.07. The minimum absolute atomic E-state index is 0.0185. The van der Waals surface area contributed by atoms with Gasteiger partial charge in [0.2, 0.25) is 5.91 Å². The topological polar surface area (TPSA) is 85.2 Å². The molecule has 7 nitrogen and oxygen atoms in total. The summed E-state index contributed by atoms with van der Waals surface area (Å²) in [4.78, 5) is 16.0. The Labute approximate surface area is 196 Å². The predicted octanol–water partition coefficient (Wildman–Crippen LogP) is 3.90. The third-order valence-corrected chi connectivity index (χ3v) is 9.20. The van der Waals surface area contributed by atoms with Gasteiger partial charge in [-0.15, -0.1) is 21.5 Å². The maximum atomic E-state index is 13.3. The highest BCUT2D eigenvalue weighted by Crippen LogP contribution is 2.31. The monoisotopic (exact) mass is 490 g/mol. The van der Waals surface area contributed by atoms with E-state index in [1.54, 1.807) is 16.2 Å². The molecule has 0 radical (unpaired) electrons. The molecule has 0 aliphatic carbocycles. The van der Waals surface area contributed by atoms with Crippen LogP contribution in [0.4, 0.5) is 0 Å². The summed E-state index contributed by atoms with van der Waals surface area (Å²) in [6.45, 7) is 4.00. The van der Waals surface area contributed by atoms with Crippen molar-refractivity contribution in [2.24, 2.45) is 0 Å². The van der Waals surface area contributed by atoms with Crippen LogP contribution in [0.15, 0.2) is 53.0 Å². The Morgan fingerprint density at radius 2 is 2.03 bits per heavy atom. The van der Waals surface area contributed by atoms with Gasteiger partial charge in [0.1, 0.15) is 0 Å². The molecular formula is C22H26N4O3S3. The van der Waals surface area contributed by atoms with Gasteiger partial charge >= 0.3 is 0 Å². The number of carbonyl (C=O) groups is 1. The molecule has 0 spiro atoms. The van der Waals surface area contributed by atoms with Crippen LogP contribution in [-0.4, -0.2) is 63.3 Å². The van der Waals surface area contributed by atoms with Crippen LogP contribution in [0.5, 0.6) is 0 Å². The van der Waals surface area contributed by atoms with Gasteiger partial charge in [0.15, 0.2) is 20.8 Å². The van der Waals surface area contributed by atoms with E-state index in [0.717, 1.165) is 22.8 Å². The molecule has 2 aromatic heterocycles. The molecule has 0 N–H and O–H groups in total. The Kier molecular flexibility index (Phi) is 7.02. The van der Waals surface area contributed by atoms with E-state index >= 15 is 0 Å². The number of thiophene rings is 1. The number of nitrogens with zero attached hydrogens (tertiary/aromatic N) is 4. The van der Waals surface area contributed by atoms with Crippen LogP contribution in [0.25, 0.3) is 16.4 Å². The Balaban J connectivity index is 1.58. The average Bonchev–Trinajstić information content (AvgIpc) is 3.52. The van der Waals surface area contributed by atoms with Crippen molar-refractivity contribution in [1.82, 2.24) is 19.7 Å². The van der Waals surface area contributed by atoms with Crippen LogP contribution < -0.4 is 0 Å². The van der Waals surface area contributed by atoms with Crippen molar-refractivity contribution in [2.75, 3.05) is 17.3 Å². The van der Waals surface area contributed by atoms with Crippen molar-refractivity contribution in [3.8, 4) is 16.4 Å². The van der Waals surface area contributed by atoms with Gasteiger partial charge in [-0.2, -0.15) is 0 Å². The second-order valence-electron chi connectivity index (χ2n) is 7.86. The molecule has 2 unspecified atom stereocenters. The van der Waals surface area contributed by atoms with Gasteiger partial charge in [0.05, 0.1) is 22.1 Å². The summed E-state index contributed by atoms with van der Waals surface area (Å²) in [5, 5.41) is 11.4. The molecule has 170 valence electrons. The van der Waals surface area contributed by atoms with Crippen molar-refractivity contribution >= 4 is 38.8 Å². The molecule has 1 aliphatic rings. The van der Waals surface area contributed by atoms with Gasteiger partial charge in [-0.25, -0.2) is 8.42 Å². The van der Waals surface area contributed by atoms with E-state index < -0.39 is 9.84 Å². The summed E-state index contributed by atoms with van der Waals surface area (Å²) < 4.78 is 26.0. The Hall–Kier alpha value is -2.17. The molecule has 1 aromatic carbocycles. The third kappa shape index (κ3) is 4.92. The number of para-hydroxylation sites is 1. The first-order chi connectivity index (χ1) is 15.4. The van der Waals surface area contributed by atoms with Gasteiger partial charge < -0.3 is 4.90 Å². The van der Waals surface area contributed by atoms with Gasteiger partial charge in [0.25, 0.3) is 0 Å². The third-order valence-electron chi connectivity index (χ3n) is 5.67. The number of hydrogen-bond donors (Lipinski definition) is 0. The fourth-order valence-corrected chi connectivity index (χ4v) is 7.17. The molecule has 3 aromatic rings. The highest BCUT2D eigenvalue weighted by molar-refractivity contribution is 7.99. The molecule has 2 atom stereocenters. The molecule has 10 heteroatoms. The summed E-state index contributed by atoms with van der Waals surface area (Å²) in [7, 11) is -3.07. The average molecular weight is 491 g/mol. The quantitative estimate of drug-likeness (QED) is 0.445. The molecule has 1 saturated heterocycles. The lowest BCUT2D eigenvalue weighted by Gasteiger charge is -2.33. The van der Waals surface area contributed by atoms with Crippen molar-refractivity contribution < 1.29 is 13.2 Å². The maximum absolute atomic E-state index is 13.3. The standard InChI is InChI=1S/C22H26N4O3S3/c1-3-16(2)25(18-11-13-32(28,29)15-18)20(27)14-31-22-24-23-21(19-10-7-12-30-19)26(22)17-8-5-4-6-9-17/h4-10,12,16,18H,3,11,13-15H2,1-2H3. The van der Waals surface area contributed by atoms with Crippen LogP contribution >= 0.6 is 23.1 Å². The van der Waals surface area contributed by atoms with E-state index in [9.17, 15) is 13.2 Å². The molecule has 1 aliphatic heterocycles. The fourth-order valence-electron chi connectivity index (χ4n) is 3.94. The van der Waals surface area contributed by atoms with Crippen molar-refractivity contribution in [1.29, 1.82) is 0 Å². The Morgan fingerprint density at radius 1 is 1.25 bits per heavy atom. The largest absolute Gasteiger partial charge is 0.335 e. The lowest BCUT2D eigenvalue weighted by atomic mass is 10.1. The number of benzene rings is 1. The van der Waals surface area contributed by atoms with E-state index in [1.807, 2.05) is 66.3 Å². The zero-order valence-corrected chi connectivity index (χ0v) is 20.5. The predicted molar refractivity (Wildman–Crippen MR) is 129 cm³/mol. The summed E-state index contributed by atoms with van der Waals surface area (Å²) >= 11 is 2.92. The lowest BCUT2D eigenvalue weighted by molar-refractivity contribution is -0.132. The van der Waals surface area contributed by atoms with Gasteiger partial charge in [-0.1, -0.05) is 43.0 Å². The van der Waals surface area contributed by atoms with Gasteiger partial charge in [0, 0.05) is 17.8 Å². The lowest BCUT2D eigenvalue weighted by Crippen LogP contribution is -2.47. The van der Waals surface area contributed by atoms with Crippen molar-refractivity contribution in [2.45, 2.75) is 43.9 Å². The second-order valence-corrected chi connectivity index (χ2v) is 12.0. The van der Waals surface area contributed by atoms with Crippen LogP contribution in [0.3, 0.4) is 0 Å². The highest BCUT2D eigenvalue weighted by atomic mass is 32.2. The van der Waals surface area contributed by atoms with E-state index in [1.165, 1.54) is 11.8 Å². The molecule has 1 amide bonds. The van der Waals surface area contributed by atoms with E-state index in [4.69, 9.17) is 0 Å². The number of thioether (sulfide) groups is 1. The van der Waals surface area contributed by atoms with E-state index in [-0.39, 0.29) is 35.2 Å².